The van der Waals surface area contributed by atoms with Gasteiger partial charge < -0.3 is 14.8 Å². The molecule has 0 saturated heterocycles. The van der Waals surface area contributed by atoms with Crippen molar-refractivity contribution in [1.82, 2.24) is 5.32 Å². The van der Waals surface area contributed by atoms with Crippen molar-refractivity contribution < 1.29 is 19.1 Å². The Morgan fingerprint density at radius 2 is 1.80 bits per heavy atom. The second-order valence-corrected chi connectivity index (χ2v) is 4.91. The lowest BCUT2D eigenvalue weighted by molar-refractivity contribution is -0.146. The third-order valence-electron chi connectivity index (χ3n) is 2.06. The molecule has 0 radical (unpaired) electrons. The van der Waals surface area contributed by atoms with Crippen LogP contribution in [0.25, 0.3) is 0 Å². The summed E-state index contributed by atoms with van der Waals surface area (Å²) in [7, 11) is 0. The molecule has 5 nitrogen and oxygen atoms in total. The third kappa shape index (κ3) is 5.86. The number of ether oxygens (including phenoxy) is 2. The molecule has 0 bridgehead atoms. The van der Waals surface area contributed by atoms with E-state index in [1.165, 1.54) is 19.1 Å². The fourth-order valence-electron chi connectivity index (χ4n) is 1.19. The van der Waals surface area contributed by atoms with E-state index in [2.05, 4.69) is 5.32 Å². The van der Waals surface area contributed by atoms with Crippen molar-refractivity contribution in [2.45, 2.75) is 6.92 Å². The van der Waals surface area contributed by atoms with E-state index < -0.39 is 5.97 Å². The molecule has 1 aromatic carbocycles. The summed E-state index contributed by atoms with van der Waals surface area (Å²) in [5, 5.41) is 3.29. The quantitative estimate of drug-likeness (QED) is 0.491. The van der Waals surface area contributed by atoms with Gasteiger partial charge in [0, 0.05) is 13.0 Å². The van der Waals surface area contributed by atoms with Crippen molar-refractivity contribution in [3.63, 3.8) is 0 Å². The first-order chi connectivity index (χ1) is 9.40. The van der Waals surface area contributed by atoms with Crippen LogP contribution in [0.1, 0.15) is 6.92 Å². The van der Waals surface area contributed by atoms with E-state index in [0.717, 1.165) is 0 Å². The molecule has 0 aliphatic heterocycles. The summed E-state index contributed by atoms with van der Waals surface area (Å²) in [5.41, 5.74) is 0. The Morgan fingerprint density at radius 3 is 2.45 bits per heavy atom. The van der Waals surface area contributed by atoms with Crippen LogP contribution >= 0.6 is 34.8 Å². The second-order valence-electron chi connectivity index (χ2n) is 3.69. The van der Waals surface area contributed by atoms with Crippen molar-refractivity contribution in [3.8, 4) is 5.75 Å². The Hall–Kier alpha value is -1.17. The molecule has 110 valence electrons. The number of carbonyl (C=O) groups is 2. The maximum atomic E-state index is 11.4. The van der Waals surface area contributed by atoms with Crippen LogP contribution in [0.2, 0.25) is 15.1 Å². The molecule has 0 spiro atoms. The number of halogens is 3. The van der Waals surface area contributed by atoms with Crippen LogP contribution in [0.15, 0.2) is 12.1 Å². The minimum absolute atomic E-state index is 0.0663. The molecule has 0 heterocycles. The van der Waals surface area contributed by atoms with Gasteiger partial charge in [0.1, 0.15) is 12.4 Å². The number of benzene rings is 1. The van der Waals surface area contributed by atoms with Crippen molar-refractivity contribution in [2.75, 3.05) is 19.8 Å². The van der Waals surface area contributed by atoms with Crippen LogP contribution in [-0.4, -0.2) is 31.6 Å². The van der Waals surface area contributed by atoms with Gasteiger partial charge in [0.05, 0.1) is 21.6 Å². The topological polar surface area (TPSA) is 64.6 Å². The van der Waals surface area contributed by atoms with Gasteiger partial charge in [-0.15, -0.1) is 0 Å². The average Bonchev–Trinajstić information content (AvgIpc) is 2.37. The van der Waals surface area contributed by atoms with Crippen LogP contribution in [0.3, 0.4) is 0 Å². The number of amides is 1. The molecule has 0 atom stereocenters. The maximum absolute atomic E-state index is 11.4. The van der Waals surface area contributed by atoms with Crippen LogP contribution in [0.5, 0.6) is 5.75 Å². The fraction of sp³-hybridized carbons (Fsp3) is 0.333. The van der Waals surface area contributed by atoms with Gasteiger partial charge in [-0.1, -0.05) is 34.8 Å². The molecule has 0 aliphatic rings. The minimum Gasteiger partial charge on any atom is -0.480 e. The number of carbonyl (C=O) groups excluding carboxylic acids is 2. The van der Waals surface area contributed by atoms with E-state index in [1.807, 2.05) is 0 Å². The van der Waals surface area contributed by atoms with Gasteiger partial charge in [-0.25, -0.2) is 4.79 Å². The van der Waals surface area contributed by atoms with E-state index in [-0.39, 0.29) is 41.5 Å². The third-order valence-corrected chi connectivity index (χ3v) is 3.08. The Labute approximate surface area is 131 Å². The van der Waals surface area contributed by atoms with Crippen LogP contribution in [0, 0.1) is 0 Å². The summed E-state index contributed by atoms with van der Waals surface area (Å²) < 4.78 is 10.0. The molecule has 20 heavy (non-hydrogen) atoms. The molecule has 0 aliphatic carbocycles. The summed E-state index contributed by atoms with van der Waals surface area (Å²) in [6.07, 6.45) is 0. The van der Waals surface area contributed by atoms with Gasteiger partial charge in [0.25, 0.3) is 0 Å². The SMILES string of the molecule is CC(=O)NCCOC(=O)COc1cc(Cl)c(Cl)cc1Cl. The van der Waals surface area contributed by atoms with Crippen LogP contribution in [-0.2, 0) is 14.3 Å². The molecule has 1 N–H and O–H groups in total. The summed E-state index contributed by atoms with van der Waals surface area (Å²) in [6, 6.07) is 2.83. The van der Waals surface area contributed by atoms with Crippen LogP contribution in [0.4, 0.5) is 0 Å². The zero-order valence-corrected chi connectivity index (χ0v) is 12.8. The first-order valence-electron chi connectivity index (χ1n) is 5.57. The second kappa shape index (κ2) is 8.19. The predicted octanol–water partition coefficient (Wildman–Crippen LogP) is 2.70. The van der Waals surface area contributed by atoms with Gasteiger partial charge in [-0.3, -0.25) is 4.79 Å². The highest BCUT2D eigenvalue weighted by atomic mass is 35.5. The Balaban J connectivity index is 2.37. The van der Waals surface area contributed by atoms with Gasteiger partial charge >= 0.3 is 5.97 Å². The molecule has 8 heteroatoms. The van der Waals surface area contributed by atoms with Crippen molar-refractivity contribution in [1.29, 1.82) is 0 Å². The van der Waals surface area contributed by atoms with Gasteiger partial charge in [0.15, 0.2) is 6.61 Å². The standard InChI is InChI=1S/C12H12Cl3NO4/c1-7(17)16-2-3-19-12(18)6-20-11-5-9(14)8(13)4-10(11)15/h4-5H,2-3,6H2,1H3,(H,16,17). The molecule has 1 aromatic rings. The average molecular weight is 341 g/mol. The largest absolute Gasteiger partial charge is 0.480 e. The zero-order valence-electron chi connectivity index (χ0n) is 10.5. The van der Waals surface area contributed by atoms with E-state index >= 15 is 0 Å². The first-order valence-corrected chi connectivity index (χ1v) is 6.71. The zero-order chi connectivity index (χ0) is 15.1. The summed E-state index contributed by atoms with van der Waals surface area (Å²) in [6.45, 7) is 1.36. The smallest absolute Gasteiger partial charge is 0.344 e. The number of rotatable bonds is 6. The monoisotopic (exact) mass is 339 g/mol. The molecule has 0 saturated carbocycles. The molecule has 0 unspecified atom stereocenters. The van der Waals surface area contributed by atoms with E-state index in [4.69, 9.17) is 44.3 Å². The Bertz CT molecular complexity index is 508. The highest BCUT2D eigenvalue weighted by Crippen LogP contribution is 2.33. The van der Waals surface area contributed by atoms with E-state index in [9.17, 15) is 9.59 Å². The van der Waals surface area contributed by atoms with E-state index in [1.54, 1.807) is 0 Å². The predicted molar refractivity (Wildman–Crippen MR) is 76.6 cm³/mol. The first kappa shape index (κ1) is 16.9. The molecule has 0 aromatic heterocycles. The summed E-state index contributed by atoms with van der Waals surface area (Å²) >= 11 is 17.4. The maximum Gasteiger partial charge on any atom is 0.344 e. The van der Waals surface area contributed by atoms with Gasteiger partial charge in [-0.2, -0.15) is 0 Å². The van der Waals surface area contributed by atoms with Crippen LogP contribution < -0.4 is 10.1 Å². The van der Waals surface area contributed by atoms with Gasteiger partial charge in [-0.05, 0) is 6.07 Å². The lowest BCUT2D eigenvalue weighted by Gasteiger charge is -2.09. The molecule has 1 amide bonds. The summed E-state index contributed by atoms with van der Waals surface area (Å²) in [5.74, 6) is -0.544. The fourth-order valence-corrected chi connectivity index (χ4v) is 1.78. The Kier molecular flexibility index (Phi) is 6.91. The molecule has 1 rings (SSSR count). The number of hydrogen-bond donors (Lipinski definition) is 1. The number of hydrogen-bond acceptors (Lipinski definition) is 4. The lowest BCUT2D eigenvalue weighted by atomic mass is 10.3. The highest BCUT2D eigenvalue weighted by Gasteiger charge is 2.10. The number of nitrogens with one attached hydrogen (secondary N) is 1. The molecular weight excluding hydrogens is 328 g/mol. The Morgan fingerprint density at radius 1 is 1.15 bits per heavy atom. The van der Waals surface area contributed by atoms with Crippen molar-refractivity contribution >= 4 is 46.7 Å². The lowest BCUT2D eigenvalue weighted by Crippen LogP contribution is -2.26. The molecular formula is C12H12Cl3NO4. The van der Waals surface area contributed by atoms with Gasteiger partial charge in [0.2, 0.25) is 5.91 Å². The molecule has 0 fully saturated rings. The minimum atomic E-state index is -0.586. The summed E-state index contributed by atoms with van der Waals surface area (Å²) in [4.78, 5) is 21.9. The number of esters is 1. The normalized spacial score (nSPS) is 10.0. The van der Waals surface area contributed by atoms with Crippen molar-refractivity contribution in [2.24, 2.45) is 0 Å². The van der Waals surface area contributed by atoms with Crippen molar-refractivity contribution in [3.05, 3.63) is 27.2 Å². The highest BCUT2D eigenvalue weighted by molar-refractivity contribution is 6.43. The van der Waals surface area contributed by atoms with E-state index in [0.29, 0.717) is 5.02 Å².